The molecule has 35 heavy (non-hydrogen) atoms. The van der Waals surface area contributed by atoms with E-state index in [4.69, 9.17) is 4.98 Å². The molecule has 4 nitrogen and oxygen atoms in total. The second-order valence-electron chi connectivity index (χ2n) is 12.3. The summed E-state index contributed by atoms with van der Waals surface area (Å²) in [7, 11) is 0. The Bertz CT molecular complexity index is 1190. The van der Waals surface area contributed by atoms with E-state index in [9.17, 15) is 5.11 Å². The van der Waals surface area contributed by atoms with Gasteiger partial charge in [-0.15, -0.1) is 12.4 Å². The number of imidazole rings is 1. The molecule has 0 bridgehead atoms. The average molecular weight is 494 g/mol. The number of aromatic amines is 1. The fourth-order valence-corrected chi connectivity index (χ4v) is 5.73. The second-order valence-corrected chi connectivity index (χ2v) is 12.3. The third-order valence-electron chi connectivity index (χ3n) is 7.49. The lowest BCUT2D eigenvalue weighted by molar-refractivity contribution is 0.423. The number of hydrogen-bond donors (Lipinski definition) is 2. The van der Waals surface area contributed by atoms with E-state index in [0.29, 0.717) is 5.75 Å². The Labute approximate surface area is 216 Å². The average Bonchev–Trinajstić information content (AvgIpc) is 3.14. The fourth-order valence-electron chi connectivity index (χ4n) is 5.73. The summed E-state index contributed by atoms with van der Waals surface area (Å²) in [6, 6.07) is 8.98. The quantitative estimate of drug-likeness (QED) is 0.389. The van der Waals surface area contributed by atoms with Crippen LogP contribution in [-0.4, -0.2) is 28.2 Å². The maximum Gasteiger partial charge on any atom is 0.138 e. The van der Waals surface area contributed by atoms with Crippen LogP contribution in [0.25, 0.3) is 22.6 Å². The van der Waals surface area contributed by atoms with E-state index in [0.717, 1.165) is 46.7 Å². The molecule has 0 aliphatic carbocycles. The highest BCUT2D eigenvalue weighted by Gasteiger charge is 2.28. The maximum absolute atomic E-state index is 11.1. The van der Waals surface area contributed by atoms with E-state index in [1.54, 1.807) is 0 Å². The van der Waals surface area contributed by atoms with Crippen LogP contribution in [0.5, 0.6) is 5.75 Å². The number of anilines is 1. The summed E-state index contributed by atoms with van der Waals surface area (Å²) in [4.78, 5) is 11.3. The van der Waals surface area contributed by atoms with Gasteiger partial charge in [-0.2, -0.15) is 0 Å². The third-order valence-corrected chi connectivity index (χ3v) is 7.49. The van der Waals surface area contributed by atoms with E-state index in [2.05, 4.69) is 82.6 Å². The van der Waals surface area contributed by atoms with Crippen molar-refractivity contribution in [1.29, 1.82) is 0 Å². The molecule has 5 rings (SSSR count). The number of hydrogen-bond acceptors (Lipinski definition) is 3. The topological polar surface area (TPSA) is 52.1 Å². The molecule has 0 fully saturated rings. The molecule has 0 saturated carbocycles. The van der Waals surface area contributed by atoms with E-state index in [1.165, 1.54) is 48.3 Å². The normalized spacial score (nSPS) is 15.6. The van der Waals surface area contributed by atoms with Crippen LogP contribution in [0.1, 0.15) is 82.3 Å². The lowest BCUT2D eigenvalue weighted by Gasteiger charge is -2.37. The van der Waals surface area contributed by atoms with Gasteiger partial charge in [0.2, 0.25) is 0 Å². The summed E-state index contributed by atoms with van der Waals surface area (Å²) in [5.41, 5.74) is 10.4. The number of nitrogens with zero attached hydrogens (tertiary/aromatic N) is 2. The van der Waals surface area contributed by atoms with Gasteiger partial charge in [0.25, 0.3) is 0 Å². The lowest BCUT2D eigenvalue weighted by Crippen LogP contribution is -2.34. The Morgan fingerprint density at radius 2 is 1.34 bits per heavy atom. The molecule has 0 unspecified atom stereocenters. The Morgan fingerprint density at radius 1 is 0.829 bits per heavy atom. The highest BCUT2D eigenvalue weighted by Crippen LogP contribution is 2.43. The summed E-state index contributed by atoms with van der Waals surface area (Å²) >= 11 is 0. The van der Waals surface area contributed by atoms with Crippen LogP contribution in [0.3, 0.4) is 0 Å². The minimum atomic E-state index is -0.169. The van der Waals surface area contributed by atoms with Gasteiger partial charge in [-0.1, -0.05) is 41.5 Å². The van der Waals surface area contributed by atoms with Crippen LogP contribution in [-0.2, 0) is 23.7 Å². The number of benzene rings is 2. The van der Waals surface area contributed by atoms with E-state index in [-0.39, 0.29) is 23.2 Å². The highest BCUT2D eigenvalue weighted by molar-refractivity contribution is 5.85. The molecule has 0 saturated heterocycles. The molecule has 5 heteroatoms. The minimum absolute atomic E-state index is 0. The summed E-state index contributed by atoms with van der Waals surface area (Å²) < 4.78 is 0. The molecule has 1 aromatic heterocycles. The van der Waals surface area contributed by atoms with Gasteiger partial charge in [0.05, 0.1) is 5.69 Å². The number of aromatic nitrogens is 2. The van der Waals surface area contributed by atoms with Crippen LogP contribution in [0.4, 0.5) is 5.69 Å². The molecular formula is C30H40ClN3O. The first kappa shape index (κ1) is 25.6. The summed E-state index contributed by atoms with van der Waals surface area (Å²) in [6.45, 7) is 17.4. The molecule has 2 N–H and O–H groups in total. The maximum atomic E-state index is 11.1. The van der Waals surface area contributed by atoms with Crippen molar-refractivity contribution in [2.24, 2.45) is 0 Å². The molecule has 3 heterocycles. The van der Waals surface area contributed by atoms with Gasteiger partial charge in [0.15, 0.2) is 0 Å². The number of aryl methyl sites for hydroxylation is 3. The molecule has 2 aromatic carbocycles. The second kappa shape index (κ2) is 8.89. The first-order valence-electron chi connectivity index (χ1n) is 12.8. The monoisotopic (exact) mass is 493 g/mol. The molecule has 2 aliphatic rings. The first-order chi connectivity index (χ1) is 15.9. The van der Waals surface area contributed by atoms with Gasteiger partial charge < -0.3 is 15.0 Å². The van der Waals surface area contributed by atoms with Crippen molar-refractivity contribution in [2.75, 3.05) is 18.0 Å². The summed E-state index contributed by atoms with van der Waals surface area (Å²) in [5, 5.41) is 11.1. The highest BCUT2D eigenvalue weighted by atomic mass is 35.5. The van der Waals surface area contributed by atoms with Gasteiger partial charge >= 0.3 is 0 Å². The largest absolute Gasteiger partial charge is 0.507 e. The van der Waals surface area contributed by atoms with E-state index < -0.39 is 0 Å². The van der Waals surface area contributed by atoms with Crippen LogP contribution < -0.4 is 4.90 Å². The number of rotatable bonds is 2. The van der Waals surface area contributed by atoms with Crippen molar-refractivity contribution < 1.29 is 5.11 Å². The molecular weight excluding hydrogens is 454 g/mol. The molecule has 2 aliphatic heterocycles. The zero-order chi connectivity index (χ0) is 24.4. The van der Waals surface area contributed by atoms with Crippen LogP contribution in [0.15, 0.2) is 24.3 Å². The van der Waals surface area contributed by atoms with Gasteiger partial charge in [0, 0.05) is 46.7 Å². The number of phenols is 1. The van der Waals surface area contributed by atoms with Crippen molar-refractivity contribution in [3.8, 4) is 28.4 Å². The molecule has 0 amide bonds. The third kappa shape index (κ3) is 4.58. The summed E-state index contributed by atoms with van der Waals surface area (Å²) in [5.74, 6) is 1.28. The Balaban J connectivity index is 0.00000289. The zero-order valence-corrected chi connectivity index (χ0v) is 23.1. The molecule has 0 atom stereocenters. The number of aromatic hydroxyl groups is 1. The van der Waals surface area contributed by atoms with Crippen molar-refractivity contribution in [3.05, 3.63) is 52.2 Å². The Morgan fingerprint density at radius 3 is 1.83 bits per heavy atom. The zero-order valence-electron chi connectivity index (χ0n) is 22.3. The van der Waals surface area contributed by atoms with Gasteiger partial charge in [-0.25, -0.2) is 4.98 Å². The van der Waals surface area contributed by atoms with E-state index in [1.807, 2.05) is 0 Å². The van der Waals surface area contributed by atoms with Crippen molar-refractivity contribution in [3.63, 3.8) is 0 Å². The van der Waals surface area contributed by atoms with Crippen molar-refractivity contribution in [1.82, 2.24) is 9.97 Å². The van der Waals surface area contributed by atoms with Crippen LogP contribution in [0.2, 0.25) is 0 Å². The Hall–Kier alpha value is -2.46. The molecule has 0 radical (unpaired) electrons. The van der Waals surface area contributed by atoms with Gasteiger partial charge in [-0.3, -0.25) is 0 Å². The number of nitrogens with one attached hydrogen (secondary N) is 1. The SMILES string of the molecule is Cc1[nH]c(-c2cc(C(C)(C)C)c(O)c(C(C)(C)C)c2)nc1-c1cc2c3c(c1)CCCN3CCC2.Cl. The molecule has 3 aromatic rings. The van der Waals surface area contributed by atoms with E-state index >= 15 is 0 Å². The first-order valence-corrected chi connectivity index (χ1v) is 12.8. The fraction of sp³-hybridized carbons (Fsp3) is 0.500. The summed E-state index contributed by atoms with van der Waals surface area (Å²) in [6.07, 6.45) is 4.79. The minimum Gasteiger partial charge on any atom is -0.507 e. The van der Waals surface area contributed by atoms with Gasteiger partial charge in [-0.05, 0) is 78.8 Å². The predicted molar refractivity (Wildman–Crippen MR) is 149 cm³/mol. The standard InChI is InChI=1S/C30H39N3O.ClH/c1-18-25(21-14-19-10-8-12-33-13-9-11-20(15-21)26(19)33)32-28(31-18)22-16-23(29(2,3)4)27(34)24(17-22)30(5,6)7;/h14-17,34H,8-13H2,1-7H3,(H,31,32);1H. The van der Waals surface area contributed by atoms with Crippen LogP contribution in [0, 0.1) is 6.92 Å². The van der Waals surface area contributed by atoms with Crippen molar-refractivity contribution in [2.45, 2.75) is 85.0 Å². The number of H-pyrrole nitrogens is 1. The molecule has 0 spiro atoms. The number of phenolic OH excluding ortho intramolecular Hbond substituents is 1. The van der Waals surface area contributed by atoms with Crippen molar-refractivity contribution >= 4 is 18.1 Å². The van der Waals surface area contributed by atoms with Gasteiger partial charge in [0.1, 0.15) is 11.6 Å². The predicted octanol–water partition coefficient (Wildman–Crippen LogP) is 7.47. The number of halogens is 1. The van der Waals surface area contributed by atoms with Crippen LogP contribution >= 0.6 is 12.4 Å². The Kier molecular flexibility index (Phi) is 6.51. The lowest BCUT2D eigenvalue weighted by atomic mass is 9.78. The molecule has 188 valence electrons. The smallest absolute Gasteiger partial charge is 0.138 e.